The molecule has 0 saturated heterocycles. The van der Waals surface area contributed by atoms with Crippen molar-refractivity contribution in [1.29, 1.82) is 5.26 Å². The number of carbonyl (C=O) groups excluding carboxylic acids is 1. The summed E-state index contributed by atoms with van der Waals surface area (Å²) in [5.74, 6) is 0.375. The molecular formula is C24H17Cl3N2O3. The van der Waals surface area contributed by atoms with Crippen molar-refractivity contribution in [3.05, 3.63) is 92.4 Å². The summed E-state index contributed by atoms with van der Waals surface area (Å²) in [5.41, 5.74) is 1.76. The molecule has 3 rings (SSSR count). The van der Waals surface area contributed by atoms with Crippen LogP contribution in [-0.4, -0.2) is 13.0 Å². The minimum atomic E-state index is -0.580. The topological polar surface area (TPSA) is 71.3 Å². The number of ether oxygens (including phenoxy) is 2. The predicted octanol–water partition coefficient (Wildman–Crippen LogP) is 6.78. The molecule has 0 saturated carbocycles. The lowest BCUT2D eigenvalue weighted by molar-refractivity contribution is -0.112. The zero-order valence-electron chi connectivity index (χ0n) is 16.9. The van der Waals surface area contributed by atoms with Crippen LogP contribution in [0.15, 0.2) is 66.2 Å². The second-order valence-corrected chi connectivity index (χ2v) is 7.76. The van der Waals surface area contributed by atoms with Crippen LogP contribution < -0.4 is 14.8 Å². The van der Waals surface area contributed by atoms with Crippen LogP contribution in [0.3, 0.4) is 0 Å². The van der Waals surface area contributed by atoms with Crippen molar-refractivity contribution in [2.24, 2.45) is 0 Å². The maximum absolute atomic E-state index is 12.5. The molecule has 0 radical (unpaired) electrons. The van der Waals surface area contributed by atoms with Gasteiger partial charge in [0, 0.05) is 16.3 Å². The van der Waals surface area contributed by atoms with Gasteiger partial charge in [-0.2, -0.15) is 5.26 Å². The number of carbonyl (C=O) groups is 1. The van der Waals surface area contributed by atoms with Gasteiger partial charge in [-0.05, 0) is 48.0 Å². The average molecular weight is 488 g/mol. The van der Waals surface area contributed by atoms with Crippen molar-refractivity contribution in [1.82, 2.24) is 0 Å². The molecule has 1 amide bonds. The number of anilines is 1. The maximum atomic E-state index is 12.5. The normalized spacial score (nSPS) is 10.9. The zero-order chi connectivity index (χ0) is 23.1. The van der Waals surface area contributed by atoms with Gasteiger partial charge in [-0.1, -0.05) is 59.1 Å². The highest BCUT2D eigenvalue weighted by Gasteiger charge is 2.12. The number of halogens is 3. The Labute approximate surface area is 200 Å². The lowest BCUT2D eigenvalue weighted by Gasteiger charge is -2.12. The van der Waals surface area contributed by atoms with Crippen LogP contribution in [0.4, 0.5) is 5.69 Å². The van der Waals surface area contributed by atoms with Crippen molar-refractivity contribution in [3.63, 3.8) is 0 Å². The summed E-state index contributed by atoms with van der Waals surface area (Å²) in [6.45, 7) is 0.265. The molecule has 0 spiro atoms. The second kappa shape index (κ2) is 10.9. The van der Waals surface area contributed by atoms with E-state index in [9.17, 15) is 10.1 Å². The Morgan fingerprint density at radius 3 is 2.47 bits per heavy atom. The molecule has 1 N–H and O–H groups in total. The molecule has 0 unspecified atom stereocenters. The molecule has 0 aromatic heterocycles. The lowest BCUT2D eigenvalue weighted by Crippen LogP contribution is -2.13. The number of methoxy groups -OCH3 is 1. The largest absolute Gasteiger partial charge is 0.493 e. The first kappa shape index (κ1) is 23.5. The molecule has 0 aliphatic carbocycles. The van der Waals surface area contributed by atoms with Gasteiger partial charge in [0.05, 0.1) is 17.2 Å². The highest BCUT2D eigenvalue weighted by Crippen LogP contribution is 2.31. The Hall–Kier alpha value is -3.17. The fourth-order valence-corrected chi connectivity index (χ4v) is 3.24. The molecule has 32 heavy (non-hydrogen) atoms. The SMILES string of the molecule is COc1cc(/C=C(\C#N)C(=O)Nc2ccc(Cl)c(Cl)c2)ccc1OCc1ccccc1Cl. The Bertz CT molecular complexity index is 1220. The Balaban J connectivity index is 1.76. The number of nitrogens with one attached hydrogen (secondary N) is 1. The molecule has 0 aliphatic rings. The van der Waals surface area contributed by atoms with Crippen LogP contribution >= 0.6 is 34.8 Å². The van der Waals surface area contributed by atoms with E-state index in [4.69, 9.17) is 44.3 Å². The number of hydrogen-bond acceptors (Lipinski definition) is 4. The first-order chi connectivity index (χ1) is 15.4. The van der Waals surface area contributed by atoms with Crippen LogP contribution in [-0.2, 0) is 11.4 Å². The van der Waals surface area contributed by atoms with Crippen LogP contribution in [0.1, 0.15) is 11.1 Å². The fourth-order valence-electron chi connectivity index (χ4n) is 2.75. The lowest BCUT2D eigenvalue weighted by atomic mass is 10.1. The third kappa shape index (κ3) is 5.95. The summed E-state index contributed by atoms with van der Waals surface area (Å²) in [6.07, 6.45) is 1.45. The number of rotatable bonds is 7. The van der Waals surface area contributed by atoms with Gasteiger partial charge in [0.2, 0.25) is 0 Å². The van der Waals surface area contributed by atoms with Gasteiger partial charge in [0.15, 0.2) is 11.5 Å². The second-order valence-electron chi connectivity index (χ2n) is 6.54. The quantitative estimate of drug-likeness (QED) is 0.294. The maximum Gasteiger partial charge on any atom is 0.266 e. The smallest absolute Gasteiger partial charge is 0.266 e. The van der Waals surface area contributed by atoms with E-state index in [1.807, 2.05) is 24.3 Å². The van der Waals surface area contributed by atoms with Gasteiger partial charge in [0.25, 0.3) is 5.91 Å². The summed E-state index contributed by atoms with van der Waals surface area (Å²) in [7, 11) is 1.51. The molecule has 0 aliphatic heterocycles. The molecule has 0 atom stereocenters. The number of amides is 1. The zero-order valence-corrected chi connectivity index (χ0v) is 19.1. The highest BCUT2D eigenvalue weighted by atomic mass is 35.5. The summed E-state index contributed by atoms with van der Waals surface area (Å²) >= 11 is 18.0. The van der Waals surface area contributed by atoms with Crippen molar-refractivity contribution < 1.29 is 14.3 Å². The third-order valence-electron chi connectivity index (χ3n) is 4.38. The van der Waals surface area contributed by atoms with Gasteiger partial charge in [-0.25, -0.2) is 0 Å². The number of nitrogens with zero attached hydrogens (tertiary/aromatic N) is 1. The average Bonchev–Trinajstić information content (AvgIpc) is 2.79. The van der Waals surface area contributed by atoms with Gasteiger partial charge in [0.1, 0.15) is 18.2 Å². The van der Waals surface area contributed by atoms with Gasteiger partial charge < -0.3 is 14.8 Å². The summed E-state index contributed by atoms with van der Waals surface area (Å²) in [6, 6.07) is 19.0. The summed E-state index contributed by atoms with van der Waals surface area (Å²) in [4.78, 5) is 12.5. The van der Waals surface area contributed by atoms with E-state index in [0.717, 1.165) is 5.56 Å². The fraction of sp³-hybridized carbons (Fsp3) is 0.0833. The predicted molar refractivity (Wildman–Crippen MR) is 127 cm³/mol. The first-order valence-electron chi connectivity index (χ1n) is 9.33. The van der Waals surface area contributed by atoms with E-state index in [1.54, 1.807) is 36.4 Å². The minimum Gasteiger partial charge on any atom is -0.493 e. The third-order valence-corrected chi connectivity index (χ3v) is 5.49. The summed E-state index contributed by atoms with van der Waals surface area (Å²) < 4.78 is 11.2. The van der Waals surface area contributed by atoms with Crippen molar-refractivity contribution in [2.45, 2.75) is 6.61 Å². The molecule has 3 aromatic rings. The Morgan fingerprint density at radius 2 is 1.78 bits per heavy atom. The Kier molecular flexibility index (Phi) is 8.02. The van der Waals surface area contributed by atoms with E-state index in [-0.39, 0.29) is 12.2 Å². The molecule has 8 heteroatoms. The van der Waals surface area contributed by atoms with E-state index >= 15 is 0 Å². The van der Waals surface area contributed by atoms with Gasteiger partial charge in [-0.3, -0.25) is 4.79 Å². The molecule has 3 aromatic carbocycles. The van der Waals surface area contributed by atoms with Crippen molar-refractivity contribution in [3.8, 4) is 17.6 Å². The number of nitriles is 1. The minimum absolute atomic E-state index is 0.0946. The molecule has 5 nitrogen and oxygen atoms in total. The number of hydrogen-bond donors (Lipinski definition) is 1. The Morgan fingerprint density at radius 1 is 1.00 bits per heavy atom. The monoisotopic (exact) mass is 486 g/mol. The molecule has 0 bridgehead atoms. The van der Waals surface area contributed by atoms with Crippen LogP contribution in [0.5, 0.6) is 11.5 Å². The molecule has 0 fully saturated rings. The van der Waals surface area contributed by atoms with Crippen molar-refractivity contribution >= 4 is 52.5 Å². The van der Waals surface area contributed by atoms with E-state index < -0.39 is 5.91 Å². The molecule has 0 heterocycles. The molecular weight excluding hydrogens is 471 g/mol. The molecule has 162 valence electrons. The summed E-state index contributed by atoms with van der Waals surface area (Å²) in [5, 5.41) is 13.4. The highest BCUT2D eigenvalue weighted by molar-refractivity contribution is 6.42. The van der Waals surface area contributed by atoms with E-state index in [2.05, 4.69) is 5.32 Å². The van der Waals surface area contributed by atoms with E-state index in [1.165, 1.54) is 19.3 Å². The van der Waals surface area contributed by atoms with E-state index in [0.29, 0.717) is 37.8 Å². The van der Waals surface area contributed by atoms with Crippen molar-refractivity contribution in [2.75, 3.05) is 12.4 Å². The van der Waals surface area contributed by atoms with Gasteiger partial charge in [-0.15, -0.1) is 0 Å². The van der Waals surface area contributed by atoms with Crippen LogP contribution in [0.2, 0.25) is 15.1 Å². The van der Waals surface area contributed by atoms with Crippen LogP contribution in [0.25, 0.3) is 6.08 Å². The number of benzene rings is 3. The first-order valence-corrected chi connectivity index (χ1v) is 10.5. The standard InChI is InChI=1S/C24H17Cl3N2O3/c1-31-23-11-15(6-9-22(23)32-14-16-4-2-3-5-19(16)25)10-17(13-28)24(30)29-18-7-8-20(26)21(27)12-18/h2-12H,14H2,1H3,(H,29,30)/b17-10+. The van der Waals surface area contributed by atoms with Gasteiger partial charge >= 0.3 is 0 Å². The van der Waals surface area contributed by atoms with Crippen LogP contribution in [0, 0.1) is 11.3 Å².